The average molecular weight is 204 g/mol. The third kappa shape index (κ3) is 2.04. The molecule has 1 aromatic rings. The van der Waals surface area contributed by atoms with Gasteiger partial charge in [-0.05, 0) is 42.5 Å². The van der Waals surface area contributed by atoms with Gasteiger partial charge in [0.2, 0.25) is 0 Å². The fourth-order valence-electron chi connectivity index (χ4n) is 2.38. The van der Waals surface area contributed by atoms with Gasteiger partial charge in [0.05, 0.1) is 7.11 Å². The molecule has 1 fully saturated rings. The highest BCUT2D eigenvalue weighted by atomic mass is 16.5. The summed E-state index contributed by atoms with van der Waals surface area (Å²) in [5.74, 6) is 1.51. The lowest BCUT2D eigenvalue weighted by atomic mass is 9.95. The fraction of sp³-hybridized carbons (Fsp3) is 0.462. The Morgan fingerprint density at radius 3 is 2.67 bits per heavy atom. The predicted octanol–water partition coefficient (Wildman–Crippen LogP) is 3.17. The molecule has 0 bridgehead atoms. The van der Waals surface area contributed by atoms with Crippen LogP contribution in [-0.4, -0.2) is 13.4 Å². The number of hydrogen-bond acceptors (Lipinski definition) is 2. The first-order valence-electron chi connectivity index (χ1n) is 5.48. The summed E-state index contributed by atoms with van der Waals surface area (Å²) in [5, 5.41) is 0. The molecule has 2 rings (SSSR count). The minimum Gasteiger partial charge on any atom is -0.496 e. The number of methoxy groups -OCH3 is 1. The van der Waals surface area contributed by atoms with Crippen molar-refractivity contribution in [1.82, 2.24) is 0 Å². The Morgan fingerprint density at radius 2 is 2.07 bits per heavy atom. The smallest absolute Gasteiger partial charge is 0.150 e. The van der Waals surface area contributed by atoms with Crippen molar-refractivity contribution in [2.45, 2.75) is 31.6 Å². The molecule has 80 valence electrons. The largest absolute Gasteiger partial charge is 0.496 e. The summed E-state index contributed by atoms with van der Waals surface area (Å²) in [7, 11) is 1.69. The van der Waals surface area contributed by atoms with E-state index >= 15 is 0 Å². The SMILES string of the molecule is COc1ccc(C=O)cc1C1CCCC1. The van der Waals surface area contributed by atoms with Gasteiger partial charge in [-0.25, -0.2) is 0 Å². The minimum atomic E-state index is 0.583. The van der Waals surface area contributed by atoms with E-state index in [0.717, 1.165) is 17.6 Å². The van der Waals surface area contributed by atoms with Crippen LogP contribution in [0, 0.1) is 0 Å². The van der Waals surface area contributed by atoms with E-state index in [0.29, 0.717) is 5.92 Å². The van der Waals surface area contributed by atoms with Crippen molar-refractivity contribution in [2.75, 3.05) is 7.11 Å². The van der Waals surface area contributed by atoms with Crippen molar-refractivity contribution >= 4 is 6.29 Å². The second-order valence-corrected chi connectivity index (χ2v) is 4.10. The van der Waals surface area contributed by atoms with Gasteiger partial charge in [0.1, 0.15) is 12.0 Å². The maximum atomic E-state index is 10.7. The number of carbonyl (C=O) groups excluding carboxylic acids is 1. The lowest BCUT2D eigenvalue weighted by molar-refractivity contribution is 0.112. The molecule has 0 atom stereocenters. The van der Waals surface area contributed by atoms with Crippen LogP contribution in [0.3, 0.4) is 0 Å². The van der Waals surface area contributed by atoms with Gasteiger partial charge < -0.3 is 4.74 Å². The van der Waals surface area contributed by atoms with Gasteiger partial charge in [-0.2, -0.15) is 0 Å². The van der Waals surface area contributed by atoms with E-state index in [2.05, 4.69) is 0 Å². The van der Waals surface area contributed by atoms with Crippen LogP contribution in [0.4, 0.5) is 0 Å². The summed E-state index contributed by atoms with van der Waals surface area (Å²) in [5.41, 5.74) is 1.96. The second kappa shape index (κ2) is 4.47. The lowest BCUT2D eigenvalue weighted by Gasteiger charge is -2.14. The molecule has 0 spiro atoms. The summed E-state index contributed by atoms with van der Waals surface area (Å²) in [6.45, 7) is 0. The number of aldehydes is 1. The predicted molar refractivity (Wildman–Crippen MR) is 59.6 cm³/mol. The van der Waals surface area contributed by atoms with E-state index in [1.807, 2.05) is 18.2 Å². The molecule has 2 nitrogen and oxygen atoms in total. The third-order valence-corrected chi connectivity index (χ3v) is 3.18. The van der Waals surface area contributed by atoms with Crippen LogP contribution in [-0.2, 0) is 0 Å². The number of ether oxygens (including phenoxy) is 1. The van der Waals surface area contributed by atoms with Crippen molar-refractivity contribution in [3.63, 3.8) is 0 Å². The molecule has 0 aromatic heterocycles. The topological polar surface area (TPSA) is 26.3 Å². The number of benzene rings is 1. The molecule has 0 aliphatic heterocycles. The Hall–Kier alpha value is -1.31. The van der Waals surface area contributed by atoms with Gasteiger partial charge in [-0.3, -0.25) is 4.79 Å². The first kappa shape index (κ1) is 10.2. The van der Waals surface area contributed by atoms with Gasteiger partial charge in [-0.15, -0.1) is 0 Å². The van der Waals surface area contributed by atoms with Gasteiger partial charge >= 0.3 is 0 Å². The van der Waals surface area contributed by atoms with Gasteiger partial charge in [0, 0.05) is 5.56 Å². The van der Waals surface area contributed by atoms with Gasteiger partial charge in [0.25, 0.3) is 0 Å². The molecule has 0 heterocycles. The van der Waals surface area contributed by atoms with Crippen LogP contribution in [0.5, 0.6) is 5.75 Å². The van der Waals surface area contributed by atoms with Crippen LogP contribution in [0.1, 0.15) is 47.5 Å². The fourth-order valence-corrected chi connectivity index (χ4v) is 2.38. The standard InChI is InChI=1S/C13H16O2/c1-15-13-7-6-10(9-14)8-12(13)11-4-2-3-5-11/h6-9,11H,2-5H2,1H3. The normalized spacial score (nSPS) is 16.6. The molecule has 0 unspecified atom stereocenters. The Morgan fingerprint density at radius 1 is 1.33 bits per heavy atom. The van der Waals surface area contributed by atoms with Crippen LogP contribution in [0.2, 0.25) is 0 Å². The second-order valence-electron chi connectivity index (χ2n) is 4.10. The van der Waals surface area contributed by atoms with E-state index in [-0.39, 0.29) is 0 Å². The summed E-state index contributed by atoms with van der Waals surface area (Å²) in [6, 6.07) is 5.68. The van der Waals surface area contributed by atoms with Crippen molar-refractivity contribution in [1.29, 1.82) is 0 Å². The van der Waals surface area contributed by atoms with E-state index in [9.17, 15) is 4.79 Å². The van der Waals surface area contributed by atoms with Crippen molar-refractivity contribution in [2.24, 2.45) is 0 Å². The highest BCUT2D eigenvalue weighted by Gasteiger charge is 2.20. The molecule has 2 heteroatoms. The van der Waals surface area contributed by atoms with Crippen molar-refractivity contribution in [3.8, 4) is 5.75 Å². The number of carbonyl (C=O) groups is 1. The molecular formula is C13H16O2. The number of hydrogen-bond donors (Lipinski definition) is 0. The first-order valence-corrected chi connectivity index (χ1v) is 5.48. The molecule has 0 radical (unpaired) electrons. The monoisotopic (exact) mass is 204 g/mol. The highest BCUT2D eigenvalue weighted by Crippen LogP contribution is 2.38. The third-order valence-electron chi connectivity index (χ3n) is 3.18. The lowest BCUT2D eigenvalue weighted by Crippen LogP contribution is -1.98. The molecule has 1 aliphatic rings. The maximum Gasteiger partial charge on any atom is 0.150 e. The quantitative estimate of drug-likeness (QED) is 0.707. The van der Waals surface area contributed by atoms with Gasteiger partial charge in [0.15, 0.2) is 0 Å². The maximum absolute atomic E-state index is 10.7. The summed E-state index contributed by atoms with van der Waals surface area (Å²) >= 11 is 0. The zero-order valence-corrected chi connectivity index (χ0v) is 9.03. The Bertz CT molecular complexity index is 352. The van der Waals surface area contributed by atoms with E-state index < -0.39 is 0 Å². The molecule has 1 saturated carbocycles. The zero-order valence-electron chi connectivity index (χ0n) is 9.03. The molecule has 0 amide bonds. The Labute approximate surface area is 90.3 Å². The van der Waals surface area contributed by atoms with E-state index in [4.69, 9.17) is 4.74 Å². The average Bonchev–Trinajstić information content (AvgIpc) is 2.81. The summed E-state index contributed by atoms with van der Waals surface area (Å²) in [4.78, 5) is 10.7. The first-order chi connectivity index (χ1) is 7.35. The van der Waals surface area contributed by atoms with E-state index in [1.54, 1.807) is 7.11 Å². The van der Waals surface area contributed by atoms with Crippen LogP contribution in [0.25, 0.3) is 0 Å². The molecule has 0 N–H and O–H groups in total. The van der Waals surface area contributed by atoms with Crippen molar-refractivity contribution in [3.05, 3.63) is 29.3 Å². The molecule has 1 aliphatic carbocycles. The summed E-state index contributed by atoms with van der Waals surface area (Å²) < 4.78 is 5.34. The molecule has 0 saturated heterocycles. The van der Waals surface area contributed by atoms with Gasteiger partial charge in [-0.1, -0.05) is 12.8 Å². The molecule has 15 heavy (non-hydrogen) atoms. The van der Waals surface area contributed by atoms with E-state index in [1.165, 1.54) is 31.2 Å². The molecular weight excluding hydrogens is 188 g/mol. The zero-order chi connectivity index (χ0) is 10.7. The Balaban J connectivity index is 2.36. The van der Waals surface area contributed by atoms with Crippen LogP contribution < -0.4 is 4.74 Å². The molecule has 1 aromatic carbocycles. The van der Waals surface area contributed by atoms with Crippen LogP contribution in [0.15, 0.2) is 18.2 Å². The van der Waals surface area contributed by atoms with Crippen LogP contribution >= 0.6 is 0 Å². The highest BCUT2D eigenvalue weighted by molar-refractivity contribution is 5.75. The number of rotatable bonds is 3. The minimum absolute atomic E-state index is 0.583. The summed E-state index contributed by atoms with van der Waals surface area (Å²) in [6.07, 6.45) is 5.92. The Kier molecular flexibility index (Phi) is 3.05. The van der Waals surface area contributed by atoms with Crippen molar-refractivity contribution < 1.29 is 9.53 Å².